The molecule has 0 aromatic carbocycles. The van der Waals surface area contributed by atoms with E-state index in [0.29, 0.717) is 16.7 Å². The zero-order valence-corrected chi connectivity index (χ0v) is 17.1. The van der Waals surface area contributed by atoms with Crippen LogP contribution in [0.2, 0.25) is 0 Å². The van der Waals surface area contributed by atoms with Crippen molar-refractivity contribution in [2.24, 2.45) is 11.8 Å². The first-order chi connectivity index (χ1) is 13.5. The van der Waals surface area contributed by atoms with Gasteiger partial charge in [-0.1, -0.05) is 24.8 Å². The van der Waals surface area contributed by atoms with E-state index in [1.165, 1.54) is 6.92 Å². The predicted octanol–water partition coefficient (Wildman–Crippen LogP) is 2.16. The molecule has 156 valence electrons. The zero-order valence-electron chi connectivity index (χ0n) is 17.1. The molecule has 7 nitrogen and oxygen atoms in total. The van der Waals surface area contributed by atoms with Crippen LogP contribution >= 0.6 is 0 Å². The number of allylic oxidation sites excluding steroid dienone is 1. The van der Waals surface area contributed by atoms with Gasteiger partial charge in [0.15, 0.2) is 0 Å². The van der Waals surface area contributed by atoms with Crippen LogP contribution < -0.4 is 0 Å². The van der Waals surface area contributed by atoms with Crippen LogP contribution in [0.15, 0.2) is 47.6 Å². The van der Waals surface area contributed by atoms with Crippen LogP contribution in [-0.4, -0.2) is 46.9 Å². The fraction of sp³-hybridized carbons (Fsp3) is 0.500. The maximum absolute atomic E-state index is 12.4. The summed E-state index contributed by atoms with van der Waals surface area (Å²) >= 11 is 0. The summed E-state index contributed by atoms with van der Waals surface area (Å²) in [5.41, 5.74) is -0.0464. The van der Waals surface area contributed by atoms with Crippen molar-refractivity contribution in [2.75, 3.05) is 0 Å². The Morgan fingerprint density at radius 1 is 1.31 bits per heavy atom. The monoisotopic (exact) mass is 402 g/mol. The van der Waals surface area contributed by atoms with Gasteiger partial charge in [0, 0.05) is 24.5 Å². The minimum Gasteiger partial charge on any atom is -0.458 e. The Bertz CT molecular complexity index is 864. The number of ether oxygens (including phenoxy) is 3. The predicted molar refractivity (Wildman–Crippen MR) is 103 cm³/mol. The van der Waals surface area contributed by atoms with Crippen LogP contribution in [-0.2, 0) is 28.6 Å². The SMILES string of the molecule is C=C1C(=O)O[C@H]2[C@H]1[C@H](OC(=O)/C(C)=C/C)CC(=C)[C@@H]1[C@H](OC(C)=O)C=C(C)[C@@]12O. The quantitative estimate of drug-likeness (QED) is 0.334. The van der Waals surface area contributed by atoms with E-state index in [0.717, 1.165) is 0 Å². The number of rotatable bonds is 3. The summed E-state index contributed by atoms with van der Waals surface area (Å²) in [4.78, 5) is 36.3. The van der Waals surface area contributed by atoms with Gasteiger partial charge in [0.25, 0.3) is 0 Å². The normalized spacial score (nSPS) is 36.6. The highest BCUT2D eigenvalue weighted by atomic mass is 16.6. The van der Waals surface area contributed by atoms with Crippen LogP contribution in [0.3, 0.4) is 0 Å². The molecule has 0 bridgehead atoms. The lowest BCUT2D eigenvalue weighted by atomic mass is 9.75. The number of hydrogen-bond acceptors (Lipinski definition) is 7. The van der Waals surface area contributed by atoms with Crippen molar-refractivity contribution in [3.63, 3.8) is 0 Å². The number of aliphatic hydroxyl groups is 1. The molecular weight excluding hydrogens is 376 g/mol. The number of carbonyl (C=O) groups excluding carboxylic acids is 3. The smallest absolute Gasteiger partial charge is 0.334 e. The van der Waals surface area contributed by atoms with Crippen molar-refractivity contribution in [1.82, 2.24) is 0 Å². The summed E-state index contributed by atoms with van der Waals surface area (Å²) in [6, 6.07) is 0. The maximum Gasteiger partial charge on any atom is 0.334 e. The second-order valence-electron chi connectivity index (χ2n) is 7.88. The lowest BCUT2D eigenvalue weighted by molar-refractivity contribution is -0.164. The Labute approximate surface area is 169 Å². The third kappa shape index (κ3) is 3.23. The second-order valence-corrected chi connectivity index (χ2v) is 7.88. The number of esters is 3. The Kier molecular flexibility index (Phi) is 5.30. The van der Waals surface area contributed by atoms with Crippen molar-refractivity contribution in [3.05, 3.63) is 47.6 Å². The molecule has 0 aromatic heterocycles. The highest BCUT2D eigenvalue weighted by Gasteiger charge is 2.65. The van der Waals surface area contributed by atoms with Crippen molar-refractivity contribution in [3.8, 4) is 0 Å². The van der Waals surface area contributed by atoms with Crippen LogP contribution in [0.4, 0.5) is 0 Å². The summed E-state index contributed by atoms with van der Waals surface area (Å²) < 4.78 is 16.6. The van der Waals surface area contributed by atoms with E-state index in [1.54, 1.807) is 32.9 Å². The summed E-state index contributed by atoms with van der Waals surface area (Å²) in [6.45, 7) is 14.2. The van der Waals surface area contributed by atoms with Gasteiger partial charge in [0.2, 0.25) is 0 Å². The van der Waals surface area contributed by atoms with Crippen molar-refractivity contribution >= 4 is 17.9 Å². The Morgan fingerprint density at radius 3 is 2.55 bits per heavy atom. The standard InChI is InChI=1S/C22H26O7/c1-7-10(2)20(24)28-15-8-11(3)18-16(27-14(6)23)9-12(4)22(18,26)19-17(15)13(5)21(25)29-19/h7,9,15-19,26H,3,5,8H2,1-2,4,6H3/b10-7+/t15-,16-,17-,18-,19+,22-/m1/s1. The van der Waals surface area contributed by atoms with E-state index in [-0.39, 0.29) is 12.0 Å². The van der Waals surface area contributed by atoms with Crippen LogP contribution in [0.1, 0.15) is 34.1 Å². The first kappa shape index (κ1) is 21.0. The molecular formula is C22H26O7. The third-order valence-electron chi connectivity index (χ3n) is 6.13. The molecule has 1 aliphatic heterocycles. The molecule has 0 unspecified atom stereocenters. The fourth-order valence-corrected chi connectivity index (χ4v) is 4.55. The van der Waals surface area contributed by atoms with Gasteiger partial charge in [-0.3, -0.25) is 4.79 Å². The number of hydrogen-bond donors (Lipinski definition) is 1. The number of carbonyl (C=O) groups is 3. The molecule has 0 radical (unpaired) electrons. The van der Waals surface area contributed by atoms with E-state index in [4.69, 9.17) is 14.2 Å². The minimum atomic E-state index is -1.65. The van der Waals surface area contributed by atoms with Gasteiger partial charge < -0.3 is 19.3 Å². The highest BCUT2D eigenvalue weighted by molar-refractivity contribution is 5.92. The van der Waals surface area contributed by atoms with Crippen LogP contribution in [0.25, 0.3) is 0 Å². The first-order valence-electron chi connectivity index (χ1n) is 9.52. The topological polar surface area (TPSA) is 99.1 Å². The molecule has 3 aliphatic rings. The molecule has 1 saturated carbocycles. The molecule has 2 fully saturated rings. The van der Waals surface area contributed by atoms with E-state index in [1.807, 2.05) is 0 Å². The molecule has 0 aromatic rings. The molecule has 7 heteroatoms. The molecule has 1 saturated heterocycles. The number of fused-ring (bicyclic) bond motifs is 3. The van der Waals surface area contributed by atoms with Crippen molar-refractivity contribution in [2.45, 2.75) is 58.0 Å². The van der Waals surface area contributed by atoms with E-state index in [9.17, 15) is 19.5 Å². The van der Waals surface area contributed by atoms with Gasteiger partial charge in [-0.25, -0.2) is 9.59 Å². The molecule has 2 aliphatic carbocycles. The Hall–Kier alpha value is -2.67. The van der Waals surface area contributed by atoms with Gasteiger partial charge in [0.05, 0.1) is 11.8 Å². The molecule has 29 heavy (non-hydrogen) atoms. The molecule has 0 amide bonds. The molecule has 1 heterocycles. The zero-order chi connectivity index (χ0) is 21.7. The molecule has 6 atom stereocenters. The molecule has 0 spiro atoms. The van der Waals surface area contributed by atoms with Crippen LogP contribution in [0, 0.1) is 11.8 Å². The third-order valence-corrected chi connectivity index (χ3v) is 6.13. The van der Waals surface area contributed by atoms with Gasteiger partial charge in [-0.2, -0.15) is 0 Å². The average molecular weight is 402 g/mol. The minimum absolute atomic E-state index is 0.136. The van der Waals surface area contributed by atoms with Crippen LogP contribution in [0.5, 0.6) is 0 Å². The lowest BCUT2D eigenvalue weighted by Gasteiger charge is -2.38. The Balaban J connectivity index is 2.07. The summed E-state index contributed by atoms with van der Waals surface area (Å²) in [6.07, 6.45) is 0.860. The van der Waals surface area contributed by atoms with Gasteiger partial charge >= 0.3 is 17.9 Å². The highest BCUT2D eigenvalue weighted by Crippen LogP contribution is 2.54. The summed E-state index contributed by atoms with van der Waals surface area (Å²) in [7, 11) is 0. The fourth-order valence-electron chi connectivity index (χ4n) is 4.55. The van der Waals surface area contributed by atoms with Gasteiger partial charge in [-0.15, -0.1) is 0 Å². The van der Waals surface area contributed by atoms with E-state index in [2.05, 4.69) is 13.2 Å². The average Bonchev–Trinajstić information content (AvgIpc) is 3.04. The summed E-state index contributed by atoms with van der Waals surface area (Å²) in [5.74, 6) is -3.16. The first-order valence-corrected chi connectivity index (χ1v) is 9.52. The van der Waals surface area contributed by atoms with E-state index < -0.39 is 53.7 Å². The Morgan fingerprint density at radius 2 is 1.97 bits per heavy atom. The lowest BCUT2D eigenvalue weighted by Crippen LogP contribution is -2.52. The van der Waals surface area contributed by atoms with E-state index >= 15 is 0 Å². The second kappa shape index (κ2) is 7.30. The van der Waals surface area contributed by atoms with Gasteiger partial charge in [-0.05, 0) is 32.4 Å². The largest absolute Gasteiger partial charge is 0.458 e. The van der Waals surface area contributed by atoms with Crippen molar-refractivity contribution < 1.29 is 33.7 Å². The maximum atomic E-state index is 12.4. The molecule has 3 rings (SSSR count). The van der Waals surface area contributed by atoms with Crippen molar-refractivity contribution in [1.29, 1.82) is 0 Å². The summed E-state index contributed by atoms with van der Waals surface area (Å²) in [5, 5.41) is 11.7. The molecule has 1 N–H and O–H groups in total. The van der Waals surface area contributed by atoms with Gasteiger partial charge in [0.1, 0.15) is 23.9 Å².